The van der Waals surface area contributed by atoms with Crippen molar-refractivity contribution in [2.45, 2.75) is 37.5 Å². The molecule has 30 heavy (non-hydrogen) atoms. The number of carbonyl (C=O) groups is 2. The van der Waals surface area contributed by atoms with Crippen molar-refractivity contribution in [3.8, 4) is 0 Å². The number of nitrogens with one attached hydrogen (secondary N) is 1. The van der Waals surface area contributed by atoms with Gasteiger partial charge in [-0.05, 0) is 55.7 Å². The van der Waals surface area contributed by atoms with Crippen LogP contribution in [-0.2, 0) is 14.8 Å². The summed E-state index contributed by atoms with van der Waals surface area (Å²) in [5, 5.41) is 2.70. The van der Waals surface area contributed by atoms with Crippen molar-refractivity contribution in [3.63, 3.8) is 0 Å². The first kappa shape index (κ1) is 21.9. The maximum absolute atomic E-state index is 12.8. The van der Waals surface area contributed by atoms with Crippen molar-refractivity contribution >= 4 is 33.5 Å². The van der Waals surface area contributed by atoms with Crippen molar-refractivity contribution in [2.75, 3.05) is 18.4 Å². The molecule has 3 rings (SSSR count). The Balaban J connectivity index is 1.67. The minimum Gasteiger partial charge on any atom is -0.322 e. The lowest BCUT2D eigenvalue weighted by molar-refractivity contribution is -0.111. The van der Waals surface area contributed by atoms with Crippen LogP contribution >= 0.6 is 0 Å². The smallest absolute Gasteiger partial charge is 0.248 e. The Morgan fingerprint density at radius 3 is 2.20 bits per heavy atom. The summed E-state index contributed by atoms with van der Waals surface area (Å²) < 4.78 is 27.2. The zero-order valence-corrected chi connectivity index (χ0v) is 17.8. The fourth-order valence-corrected chi connectivity index (χ4v) is 4.94. The average Bonchev–Trinajstić information content (AvgIpc) is 3.03. The van der Waals surface area contributed by atoms with Crippen molar-refractivity contribution in [2.24, 2.45) is 0 Å². The predicted molar refractivity (Wildman–Crippen MR) is 118 cm³/mol. The van der Waals surface area contributed by atoms with Gasteiger partial charge in [0.15, 0.2) is 5.78 Å². The Labute approximate surface area is 177 Å². The van der Waals surface area contributed by atoms with Crippen LogP contribution in [0.25, 0.3) is 6.08 Å². The van der Waals surface area contributed by atoms with Gasteiger partial charge in [0, 0.05) is 24.7 Å². The second kappa shape index (κ2) is 9.82. The second-order valence-electron chi connectivity index (χ2n) is 7.31. The van der Waals surface area contributed by atoms with Crippen LogP contribution in [0.5, 0.6) is 0 Å². The summed E-state index contributed by atoms with van der Waals surface area (Å²) in [7, 11) is -3.49. The Bertz CT molecular complexity index is 1040. The maximum atomic E-state index is 12.8. The highest BCUT2D eigenvalue weighted by atomic mass is 32.2. The molecule has 0 unspecified atom stereocenters. The Morgan fingerprint density at radius 2 is 1.57 bits per heavy atom. The molecule has 1 fully saturated rings. The van der Waals surface area contributed by atoms with Crippen LogP contribution in [0.15, 0.2) is 59.5 Å². The number of Topliss-reactive ketones (excluding diaryl/α,β-unsaturated/α-hetero) is 1. The van der Waals surface area contributed by atoms with E-state index in [4.69, 9.17) is 0 Å². The molecule has 0 bridgehead atoms. The molecular weight excluding hydrogens is 400 g/mol. The second-order valence-corrected chi connectivity index (χ2v) is 9.25. The highest BCUT2D eigenvalue weighted by molar-refractivity contribution is 7.89. The molecule has 1 aliphatic heterocycles. The van der Waals surface area contributed by atoms with E-state index in [0.29, 0.717) is 29.9 Å². The van der Waals surface area contributed by atoms with Gasteiger partial charge in [0.2, 0.25) is 15.9 Å². The van der Waals surface area contributed by atoms with Gasteiger partial charge in [0.1, 0.15) is 0 Å². The van der Waals surface area contributed by atoms with E-state index in [1.807, 2.05) is 0 Å². The highest BCUT2D eigenvalue weighted by Crippen LogP contribution is 2.21. The van der Waals surface area contributed by atoms with E-state index in [1.165, 1.54) is 13.0 Å². The zero-order valence-electron chi connectivity index (χ0n) is 17.0. The Kier molecular flexibility index (Phi) is 7.18. The SMILES string of the molecule is CC(=O)c1ccccc1NC(=O)/C=C/c1ccc(S(=O)(=O)N2CCCCCC2)cc1. The molecule has 6 nitrogen and oxygen atoms in total. The lowest BCUT2D eigenvalue weighted by Gasteiger charge is -2.19. The fourth-order valence-electron chi connectivity index (χ4n) is 3.43. The van der Waals surface area contributed by atoms with Crippen molar-refractivity contribution < 1.29 is 18.0 Å². The molecule has 158 valence electrons. The molecule has 0 aliphatic carbocycles. The molecule has 1 aliphatic rings. The number of ketones is 1. The van der Waals surface area contributed by atoms with Gasteiger partial charge in [-0.2, -0.15) is 4.31 Å². The minimum atomic E-state index is -3.49. The van der Waals surface area contributed by atoms with Gasteiger partial charge in [0.05, 0.1) is 10.6 Å². The summed E-state index contributed by atoms with van der Waals surface area (Å²) >= 11 is 0. The van der Waals surface area contributed by atoms with E-state index >= 15 is 0 Å². The first-order valence-electron chi connectivity index (χ1n) is 10.1. The molecular formula is C23H26N2O4S. The molecule has 2 aromatic carbocycles. The lowest BCUT2D eigenvalue weighted by Crippen LogP contribution is -2.31. The van der Waals surface area contributed by atoms with Crippen LogP contribution in [0.2, 0.25) is 0 Å². The molecule has 1 N–H and O–H groups in total. The number of carbonyl (C=O) groups excluding carboxylic acids is 2. The lowest BCUT2D eigenvalue weighted by atomic mass is 10.1. The number of amides is 1. The first-order chi connectivity index (χ1) is 14.4. The molecule has 0 aromatic heterocycles. The van der Waals surface area contributed by atoms with Gasteiger partial charge < -0.3 is 5.32 Å². The van der Waals surface area contributed by atoms with E-state index < -0.39 is 10.0 Å². The molecule has 2 aromatic rings. The average molecular weight is 427 g/mol. The summed E-state index contributed by atoms with van der Waals surface area (Å²) in [6.45, 7) is 2.57. The number of hydrogen-bond acceptors (Lipinski definition) is 4. The largest absolute Gasteiger partial charge is 0.322 e. The molecule has 0 radical (unpaired) electrons. The monoisotopic (exact) mass is 426 g/mol. The topological polar surface area (TPSA) is 83.5 Å². The molecule has 1 heterocycles. The van der Waals surface area contributed by atoms with E-state index in [0.717, 1.165) is 25.7 Å². The molecule has 1 amide bonds. The number of hydrogen-bond donors (Lipinski definition) is 1. The number of para-hydroxylation sites is 1. The van der Waals surface area contributed by atoms with Gasteiger partial charge in [0.25, 0.3) is 0 Å². The van der Waals surface area contributed by atoms with E-state index in [-0.39, 0.29) is 16.6 Å². The van der Waals surface area contributed by atoms with Crippen molar-refractivity contribution in [1.29, 1.82) is 0 Å². The first-order valence-corrected chi connectivity index (χ1v) is 11.5. The van der Waals surface area contributed by atoms with Gasteiger partial charge in [-0.25, -0.2) is 8.42 Å². The van der Waals surface area contributed by atoms with Crippen molar-refractivity contribution in [3.05, 3.63) is 65.7 Å². The standard InChI is InChI=1S/C23H26N2O4S/c1-18(26)21-8-4-5-9-22(21)24-23(27)15-12-19-10-13-20(14-11-19)30(28,29)25-16-6-2-3-7-17-25/h4-5,8-15H,2-3,6-7,16-17H2,1H3,(H,24,27)/b15-12+. The number of anilines is 1. The fraction of sp³-hybridized carbons (Fsp3) is 0.304. The molecule has 7 heteroatoms. The third kappa shape index (κ3) is 5.43. The summed E-state index contributed by atoms with van der Waals surface area (Å²) in [5.41, 5.74) is 1.61. The zero-order chi connectivity index (χ0) is 21.6. The number of sulfonamides is 1. The quantitative estimate of drug-likeness (QED) is 0.557. The number of nitrogens with zero attached hydrogens (tertiary/aromatic N) is 1. The molecule has 0 spiro atoms. The van der Waals surface area contributed by atoms with E-state index in [9.17, 15) is 18.0 Å². The Hall–Kier alpha value is -2.77. The number of rotatable bonds is 6. The van der Waals surface area contributed by atoms with E-state index in [2.05, 4.69) is 5.32 Å². The predicted octanol–water partition coefficient (Wildman–Crippen LogP) is 4.11. The van der Waals surface area contributed by atoms with Crippen LogP contribution in [0, 0.1) is 0 Å². The van der Waals surface area contributed by atoms with Crippen LogP contribution in [0.1, 0.15) is 48.5 Å². The van der Waals surface area contributed by atoms with Crippen LogP contribution < -0.4 is 5.32 Å². The highest BCUT2D eigenvalue weighted by Gasteiger charge is 2.24. The van der Waals surface area contributed by atoms with Crippen LogP contribution in [-0.4, -0.2) is 37.5 Å². The summed E-state index contributed by atoms with van der Waals surface area (Å²) in [4.78, 5) is 24.1. The molecule has 0 atom stereocenters. The third-order valence-electron chi connectivity index (χ3n) is 5.07. The Morgan fingerprint density at radius 1 is 0.933 bits per heavy atom. The van der Waals surface area contributed by atoms with Gasteiger partial charge >= 0.3 is 0 Å². The summed E-state index contributed by atoms with van der Waals surface area (Å²) in [6, 6.07) is 13.3. The normalized spacial score (nSPS) is 15.6. The van der Waals surface area contributed by atoms with Gasteiger partial charge in [-0.1, -0.05) is 37.1 Å². The third-order valence-corrected chi connectivity index (χ3v) is 6.99. The van der Waals surface area contributed by atoms with E-state index in [1.54, 1.807) is 58.9 Å². The molecule has 0 saturated carbocycles. The minimum absolute atomic E-state index is 0.129. The van der Waals surface area contributed by atoms with Crippen molar-refractivity contribution in [1.82, 2.24) is 4.31 Å². The van der Waals surface area contributed by atoms with Crippen LogP contribution in [0.4, 0.5) is 5.69 Å². The molecule has 1 saturated heterocycles. The van der Waals surface area contributed by atoms with Gasteiger partial charge in [-0.3, -0.25) is 9.59 Å². The summed E-state index contributed by atoms with van der Waals surface area (Å²) in [5.74, 6) is -0.499. The van der Waals surface area contributed by atoms with Gasteiger partial charge in [-0.15, -0.1) is 0 Å². The maximum Gasteiger partial charge on any atom is 0.248 e. The summed E-state index contributed by atoms with van der Waals surface area (Å²) in [6.07, 6.45) is 6.87. The number of benzene rings is 2. The van der Waals surface area contributed by atoms with Crippen LogP contribution in [0.3, 0.4) is 0 Å².